The largest absolute Gasteiger partial charge is 0.448 e. The van der Waals surface area contributed by atoms with Gasteiger partial charge in [-0.25, -0.2) is 4.79 Å². The normalized spacial score (nSPS) is 19.4. The zero-order valence-corrected chi connectivity index (χ0v) is 16.1. The van der Waals surface area contributed by atoms with Gasteiger partial charge in [0.25, 0.3) is 0 Å². The van der Waals surface area contributed by atoms with Gasteiger partial charge in [0.2, 0.25) is 0 Å². The maximum atomic E-state index is 12.7. The predicted octanol–water partition coefficient (Wildman–Crippen LogP) is 4.89. The van der Waals surface area contributed by atoms with Gasteiger partial charge in [-0.05, 0) is 29.2 Å². The summed E-state index contributed by atoms with van der Waals surface area (Å²) in [4.78, 5) is 26.9. The van der Waals surface area contributed by atoms with Crippen molar-refractivity contribution in [2.45, 2.75) is 24.9 Å². The molecule has 1 aliphatic carbocycles. The Morgan fingerprint density at radius 2 is 1.38 bits per heavy atom. The van der Waals surface area contributed by atoms with Crippen LogP contribution in [0.15, 0.2) is 78.9 Å². The number of benzene rings is 3. The molecule has 1 amide bonds. The SMILES string of the molecule is CC1C(C(=O)c2ccccc2)N1C(=O)OCC1c2ccccc2-c2ccccc21. The van der Waals surface area contributed by atoms with E-state index in [-0.39, 0.29) is 24.3 Å². The Kier molecular flexibility index (Phi) is 4.20. The lowest BCUT2D eigenvalue weighted by Crippen LogP contribution is -2.22. The van der Waals surface area contributed by atoms with Gasteiger partial charge in [0.1, 0.15) is 12.6 Å². The first-order valence-electron chi connectivity index (χ1n) is 9.89. The van der Waals surface area contributed by atoms with E-state index in [1.54, 1.807) is 12.1 Å². The van der Waals surface area contributed by atoms with Crippen LogP contribution in [0.2, 0.25) is 0 Å². The molecule has 0 radical (unpaired) electrons. The van der Waals surface area contributed by atoms with Crippen molar-refractivity contribution in [3.05, 3.63) is 95.6 Å². The molecule has 1 fully saturated rings. The number of Topliss-reactive ketones (excluding diaryl/α,β-unsaturated/α-hetero) is 1. The standard InChI is InChI=1S/C25H21NO3/c1-16-23(24(27)17-9-3-2-4-10-17)26(16)25(28)29-15-22-20-13-7-5-11-18(20)19-12-6-8-14-21(19)22/h2-14,16,22-23H,15H2,1H3. The van der Waals surface area contributed by atoms with Gasteiger partial charge < -0.3 is 4.74 Å². The van der Waals surface area contributed by atoms with Gasteiger partial charge in [-0.15, -0.1) is 0 Å². The van der Waals surface area contributed by atoms with E-state index in [4.69, 9.17) is 4.74 Å². The highest BCUT2D eigenvalue weighted by molar-refractivity contribution is 6.05. The second-order valence-electron chi connectivity index (χ2n) is 7.63. The van der Waals surface area contributed by atoms with Gasteiger partial charge in [0.15, 0.2) is 5.78 Å². The molecule has 0 aromatic heterocycles. The molecule has 144 valence electrons. The van der Waals surface area contributed by atoms with Crippen molar-refractivity contribution < 1.29 is 14.3 Å². The molecule has 0 bridgehead atoms. The van der Waals surface area contributed by atoms with Gasteiger partial charge >= 0.3 is 6.09 Å². The Morgan fingerprint density at radius 3 is 2.00 bits per heavy atom. The minimum Gasteiger partial charge on any atom is -0.448 e. The smallest absolute Gasteiger partial charge is 0.410 e. The fourth-order valence-electron chi connectivity index (χ4n) is 4.42. The molecule has 0 spiro atoms. The molecule has 3 aromatic rings. The van der Waals surface area contributed by atoms with Crippen LogP contribution in [0, 0.1) is 0 Å². The number of carbonyl (C=O) groups excluding carboxylic acids is 2. The van der Waals surface area contributed by atoms with Crippen LogP contribution in [0.3, 0.4) is 0 Å². The number of ketones is 1. The van der Waals surface area contributed by atoms with Gasteiger partial charge in [-0.2, -0.15) is 0 Å². The van der Waals surface area contributed by atoms with E-state index in [1.807, 2.05) is 49.4 Å². The van der Waals surface area contributed by atoms with E-state index in [1.165, 1.54) is 27.2 Å². The second kappa shape index (κ2) is 6.89. The van der Waals surface area contributed by atoms with Crippen molar-refractivity contribution in [1.82, 2.24) is 4.90 Å². The third kappa shape index (κ3) is 2.92. The van der Waals surface area contributed by atoms with E-state index in [2.05, 4.69) is 24.3 Å². The number of amides is 1. The summed E-state index contributed by atoms with van der Waals surface area (Å²) in [6, 6.07) is 25.0. The zero-order valence-electron chi connectivity index (χ0n) is 16.1. The lowest BCUT2D eigenvalue weighted by atomic mass is 9.98. The van der Waals surface area contributed by atoms with Crippen LogP contribution in [-0.4, -0.2) is 35.5 Å². The summed E-state index contributed by atoms with van der Waals surface area (Å²) in [5, 5.41) is 0. The van der Waals surface area contributed by atoms with E-state index in [0.717, 1.165) is 0 Å². The molecule has 0 saturated carbocycles. The third-order valence-electron chi connectivity index (χ3n) is 5.98. The third-order valence-corrected chi connectivity index (χ3v) is 5.98. The second-order valence-corrected chi connectivity index (χ2v) is 7.63. The summed E-state index contributed by atoms with van der Waals surface area (Å²) >= 11 is 0. The Morgan fingerprint density at radius 1 is 0.828 bits per heavy atom. The van der Waals surface area contributed by atoms with Crippen LogP contribution in [0.1, 0.15) is 34.3 Å². The highest BCUT2D eigenvalue weighted by Crippen LogP contribution is 2.44. The van der Waals surface area contributed by atoms with Crippen molar-refractivity contribution in [2.75, 3.05) is 6.61 Å². The molecule has 4 nitrogen and oxygen atoms in total. The predicted molar refractivity (Wildman–Crippen MR) is 111 cm³/mol. The minimum absolute atomic E-state index is 0.0184. The van der Waals surface area contributed by atoms with Crippen molar-refractivity contribution in [3.63, 3.8) is 0 Å². The first-order valence-corrected chi connectivity index (χ1v) is 9.89. The molecule has 2 aliphatic rings. The number of hydrogen-bond donors (Lipinski definition) is 0. The lowest BCUT2D eigenvalue weighted by molar-refractivity contribution is 0.0947. The molecular formula is C25H21NO3. The van der Waals surface area contributed by atoms with Crippen molar-refractivity contribution >= 4 is 11.9 Å². The zero-order chi connectivity index (χ0) is 20.0. The van der Waals surface area contributed by atoms with Crippen LogP contribution >= 0.6 is 0 Å². The van der Waals surface area contributed by atoms with E-state index >= 15 is 0 Å². The Bertz CT molecular complexity index is 1050. The first kappa shape index (κ1) is 17.7. The summed E-state index contributed by atoms with van der Waals surface area (Å²) in [5.41, 5.74) is 5.37. The maximum Gasteiger partial charge on any atom is 0.410 e. The lowest BCUT2D eigenvalue weighted by Gasteiger charge is -2.14. The van der Waals surface area contributed by atoms with Crippen molar-refractivity contribution in [3.8, 4) is 11.1 Å². The number of rotatable bonds is 4. The molecular weight excluding hydrogens is 362 g/mol. The molecule has 4 heteroatoms. The quantitative estimate of drug-likeness (QED) is 0.476. The molecule has 1 heterocycles. The number of hydrogen-bond acceptors (Lipinski definition) is 3. The van der Waals surface area contributed by atoms with Crippen LogP contribution < -0.4 is 0 Å². The minimum atomic E-state index is -0.437. The molecule has 2 unspecified atom stereocenters. The fourth-order valence-corrected chi connectivity index (χ4v) is 4.42. The Balaban J connectivity index is 1.30. The van der Waals surface area contributed by atoms with Crippen LogP contribution in [0.5, 0.6) is 0 Å². The summed E-state index contributed by atoms with van der Waals surface area (Å²) in [6.45, 7) is 2.15. The molecule has 1 aliphatic heterocycles. The Labute approximate surface area is 169 Å². The molecule has 1 saturated heterocycles. The number of carbonyl (C=O) groups is 2. The fraction of sp³-hybridized carbons (Fsp3) is 0.200. The van der Waals surface area contributed by atoms with Crippen LogP contribution in [-0.2, 0) is 4.74 Å². The molecule has 29 heavy (non-hydrogen) atoms. The van der Waals surface area contributed by atoms with Crippen molar-refractivity contribution in [1.29, 1.82) is 0 Å². The van der Waals surface area contributed by atoms with Gasteiger partial charge in [-0.3, -0.25) is 9.69 Å². The van der Waals surface area contributed by atoms with Gasteiger partial charge in [0.05, 0.1) is 6.04 Å². The summed E-state index contributed by atoms with van der Waals surface area (Å²) in [7, 11) is 0. The number of fused-ring (bicyclic) bond motifs is 3. The topological polar surface area (TPSA) is 46.4 Å². The average Bonchev–Trinajstić information content (AvgIpc) is 3.34. The van der Waals surface area contributed by atoms with Crippen LogP contribution in [0.4, 0.5) is 4.79 Å². The maximum absolute atomic E-state index is 12.7. The molecule has 5 rings (SSSR count). The number of nitrogens with zero attached hydrogens (tertiary/aromatic N) is 1. The molecule has 3 aromatic carbocycles. The van der Waals surface area contributed by atoms with E-state index in [9.17, 15) is 9.59 Å². The van der Waals surface area contributed by atoms with Crippen molar-refractivity contribution in [2.24, 2.45) is 0 Å². The number of ether oxygens (including phenoxy) is 1. The van der Waals surface area contributed by atoms with E-state index in [0.29, 0.717) is 5.56 Å². The summed E-state index contributed by atoms with van der Waals surface area (Å²) < 4.78 is 5.69. The van der Waals surface area contributed by atoms with E-state index < -0.39 is 12.1 Å². The Hall–Kier alpha value is -3.40. The molecule has 2 atom stereocenters. The van der Waals surface area contributed by atoms with Gasteiger partial charge in [0, 0.05) is 11.5 Å². The van der Waals surface area contributed by atoms with Gasteiger partial charge in [-0.1, -0.05) is 78.9 Å². The highest BCUT2D eigenvalue weighted by atomic mass is 16.6. The summed E-state index contributed by atoms with van der Waals surface area (Å²) in [5.74, 6) is -0.0171. The van der Waals surface area contributed by atoms with Crippen LogP contribution in [0.25, 0.3) is 11.1 Å². The average molecular weight is 383 g/mol. The summed E-state index contributed by atoms with van der Waals surface area (Å²) in [6.07, 6.45) is -0.423. The first-order chi connectivity index (χ1) is 14.2. The monoisotopic (exact) mass is 383 g/mol. The molecule has 0 N–H and O–H groups in total. The highest BCUT2D eigenvalue weighted by Gasteiger charge is 2.53.